The molecular formula is C18H21ClN2O2S. The van der Waals surface area contributed by atoms with Crippen molar-refractivity contribution < 1.29 is 9.90 Å². The first-order chi connectivity index (χ1) is 11.0. The maximum atomic E-state index is 11.0. The monoisotopic (exact) mass is 364 g/mol. The molecule has 0 spiro atoms. The van der Waals surface area contributed by atoms with E-state index < -0.39 is 5.97 Å². The Morgan fingerprint density at radius 3 is 2.54 bits per heavy atom. The summed E-state index contributed by atoms with van der Waals surface area (Å²) in [5.74, 6) is -0.798. The molecule has 0 unspecified atom stereocenters. The Hall–Kier alpha value is -1.69. The Balaban J connectivity index is 0.00000208. The second-order valence-electron chi connectivity index (χ2n) is 5.90. The summed E-state index contributed by atoms with van der Waals surface area (Å²) in [4.78, 5) is 17.9. The van der Waals surface area contributed by atoms with Gasteiger partial charge in [0.05, 0.1) is 17.8 Å². The van der Waals surface area contributed by atoms with Crippen molar-refractivity contribution in [2.75, 3.05) is 32.1 Å². The van der Waals surface area contributed by atoms with Gasteiger partial charge in [0.15, 0.2) is 0 Å². The molecule has 0 amide bonds. The van der Waals surface area contributed by atoms with Crippen LogP contribution in [0.1, 0.15) is 5.56 Å². The number of aliphatic carboxylic acids is 1. The zero-order chi connectivity index (χ0) is 16.4. The molecule has 0 saturated carbocycles. The lowest BCUT2D eigenvalue weighted by Crippen LogP contribution is -2.30. The average Bonchev–Trinajstić information content (AvgIpc) is 2.51. The van der Waals surface area contributed by atoms with Crippen LogP contribution in [0.4, 0.5) is 11.4 Å². The summed E-state index contributed by atoms with van der Waals surface area (Å²) >= 11 is 1.75. The van der Waals surface area contributed by atoms with Crippen molar-refractivity contribution in [2.24, 2.45) is 0 Å². The highest BCUT2D eigenvalue weighted by Crippen LogP contribution is 2.48. The van der Waals surface area contributed by atoms with Crippen molar-refractivity contribution in [1.29, 1.82) is 0 Å². The van der Waals surface area contributed by atoms with Crippen molar-refractivity contribution >= 4 is 41.5 Å². The first-order valence-electron chi connectivity index (χ1n) is 7.58. The lowest BCUT2D eigenvalue weighted by molar-refractivity contribution is -0.136. The Bertz CT molecular complexity index is 737. The minimum atomic E-state index is -0.798. The highest BCUT2D eigenvalue weighted by molar-refractivity contribution is 7.99. The minimum absolute atomic E-state index is 0. The van der Waals surface area contributed by atoms with Gasteiger partial charge in [0.25, 0.3) is 0 Å². The van der Waals surface area contributed by atoms with Crippen LogP contribution >= 0.6 is 24.2 Å². The number of halogens is 1. The van der Waals surface area contributed by atoms with Crippen LogP contribution in [0.15, 0.2) is 52.3 Å². The number of nitrogens with zero attached hydrogens (tertiary/aromatic N) is 2. The van der Waals surface area contributed by atoms with Gasteiger partial charge < -0.3 is 14.9 Å². The predicted octanol–water partition coefficient (Wildman–Crippen LogP) is 3.90. The fourth-order valence-electron chi connectivity index (χ4n) is 2.70. The van der Waals surface area contributed by atoms with Crippen molar-refractivity contribution in [1.82, 2.24) is 4.90 Å². The van der Waals surface area contributed by atoms with Gasteiger partial charge in [-0.1, -0.05) is 30.0 Å². The summed E-state index contributed by atoms with van der Waals surface area (Å²) in [7, 11) is 4.12. The maximum absolute atomic E-state index is 11.0. The highest BCUT2D eigenvalue weighted by Gasteiger charge is 2.23. The predicted molar refractivity (Wildman–Crippen MR) is 101 cm³/mol. The Morgan fingerprint density at radius 2 is 1.83 bits per heavy atom. The summed E-state index contributed by atoms with van der Waals surface area (Å²) in [6.07, 6.45) is 0.0567. The number of carboxylic acid groups (broad SMARTS) is 1. The molecule has 0 aliphatic carbocycles. The lowest BCUT2D eigenvalue weighted by atomic mass is 10.1. The van der Waals surface area contributed by atoms with E-state index in [1.165, 1.54) is 15.5 Å². The zero-order valence-corrected chi connectivity index (χ0v) is 15.4. The number of benzene rings is 2. The summed E-state index contributed by atoms with van der Waals surface area (Å²) in [6, 6.07) is 14.3. The van der Waals surface area contributed by atoms with Crippen LogP contribution in [0.5, 0.6) is 0 Å². The van der Waals surface area contributed by atoms with Gasteiger partial charge in [-0.05, 0) is 43.9 Å². The van der Waals surface area contributed by atoms with E-state index >= 15 is 0 Å². The van der Waals surface area contributed by atoms with Gasteiger partial charge in [0.1, 0.15) is 0 Å². The molecule has 2 aromatic rings. The number of fused-ring (bicyclic) bond motifs is 2. The molecular weight excluding hydrogens is 344 g/mol. The molecule has 1 heterocycles. The lowest BCUT2D eigenvalue weighted by Gasteiger charge is -2.33. The third kappa shape index (κ3) is 4.04. The number of hydrogen-bond acceptors (Lipinski definition) is 4. The van der Waals surface area contributed by atoms with Gasteiger partial charge in [-0.25, -0.2) is 0 Å². The van der Waals surface area contributed by atoms with Gasteiger partial charge in [0.2, 0.25) is 0 Å². The third-order valence-electron chi connectivity index (χ3n) is 3.82. The van der Waals surface area contributed by atoms with Crippen LogP contribution in [0.2, 0.25) is 0 Å². The van der Waals surface area contributed by atoms with Crippen molar-refractivity contribution in [3.63, 3.8) is 0 Å². The molecule has 0 aromatic heterocycles. The molecule has 0 bridgehead atoms. The molecule has 1 aliphatic rings. The number of rotatable bonds is 5. The summed E-state index contributed by atoms with van der Waals surface area (Å²) < 4.78 is 0. The molecule has 6 heteroatoms. The molecule has 0 saturated heterocycles. The molecule has 0 atom stereocenters. The molecule has 2 aromatic carbocycles. The highest BCUT2D eigenvalue weighted by atomic mass is 35.5. The SMILES string of the molecule is CN(C)CCN1c2ccccc2Sc2ccc(CC(=O)O)cc21.Cl. The van der Waals surface area contributed by atoms with Crippen LogP contribution in [-0.2, 0) is 11.2 Å². The number of carboxylic acids is 1. The molecule has 0 radical (unpaired) electrons. The average molecular weight is 365 g/mol. The summed E-state index contributed by atoms with van der Waals surface area (Å²) in [6.45, 7) is 1.80. The largest absolute Gasteiger partial charge is 0.481 e. The molecule has 4 nitrogen and oxygen atoms in total. The van der Waals surface area contributed by atoms with Gasteiger partial charge in [-0.15, -0.1) is 12.4 Å². The zero-order valence-electron chi connectivity index (χ0n) is 13.7. The molecule has 1 aliphatic heterocycles. The van der Waals surface area contributed by atoms with Crippen LogP contribution in [-0.4, -0.2) is 43.2 Å². The molecule has 3 rings (SSSR count). The van der Waals surface area contributed by atoms with Gasteiger partial charge in [-0.3, -0.25) is 4.79 Å². The first-order valence-corrected chi connectivity index (χ1v) is 8.40. The molecule has 1 N–H and O–H groups in total. The smallest absolute Gasteiger partial charge is 0.307 e. The quantitative estimate of drug-likeness (QED) is 0.871. The van der Waals surface area contributed by atoms with Crippen molar-refractivity contribution in [3.8, 4) is 0 Å². The number of anilines is 2. The Labute approximate surface area is 152 Å². The Kier molecular flexibility index (Phi) is 6.15. The summed E-state index contributed by atoms with van der Waals surface area (Å²) in [5.41, 5.74) is 3.14. The van der Waals surface area contributed by atoms with Crippen molar-refractivity contribution in [3.05, 3.63) is 48.0 Å². The first kappa shape index (κ1) is 18.6. The van der Waals surface area contributed by atoms with E-state index in [9.17, 15) is 4.79 Å². The van der Waals surface area contributed by atoms with Gasteiger partial charge in [0, 0.05) is 22.9 Å². The van der Waals surface area contributed by atoms with Gasteiger partial charge in [-0.2, -0.15) is 0 Å². The normalized spacial score (nSPS) is 12.4. The molecule has 128 valence electrons. The number of likely N-dealkylation sites (N-methyl/N-ethyl adjacent to an activating group) is 1. The van der Waals surface area contributed by atoms with Crippen LogP contribution in [0, 0.1) is 0 Å². The Morgan fingerprint density at radius 1 is 1.12 bits per heavy atom. The van der Waals surface area contributed by atoms with E-state index in [1.807, 2.05) is 24.3 Å². The van der Waals surface area contributed by atoms with Crippen LogP contribution < -0.4 is 4.90 Å². The van der Waals surface area contributed by atoms with E-state index in [-0.39, 0.29) is 18.8 Å². The van der Waals surface area contributed by atoms with E-state index in [0.29, 0.717) is 0 Å². The van der Waals surface area contributed by atoms with Crippen molar-refractivity contribution in [2.45, 2.75) is 16.2 Å². The van der Waals surface area contributed by atoms with E-state index in [0.717, 1.165) is 24.3 Å². The molecule has 0 fully saturated rings. The second kappa shape index (κ2) is 7.92. The van der Waals surface area contributed by atoms with Crippen LogP contribution in [0.25, 0.3) is 0 Å². The van der Waals surface area contributed by atoms with E-state index in [2.05, 4.69) is 42.1 Å². The fourth-order valence-corrected chi connectivity index (χ4v) is 3.78. The minimum Gasteiger partial charge on any atom is -0.481 e. The standard InChI is InChI=1S/C18H20N2O2S.ClH/c1-19(2)9-10-20-14-5-3-4-6-16(14)23-17-8-7-13(11-15(17)20)12-18(21)22;/h3-8,11H,9-10,12H2,1-2H3,(H,21,22);1H. The number of para-hydroxylation sites is 1. The summed E-state index contributed by atoms with van der Waals surface area (Å²) in [5, 5.41) is 9.05. The molecule has 24 heavy (non-hydrogen) atoms. The topological polar surface area (TPSA) is 43.8 Å². The third-order valence-corrected chi connectivity index (χ3v) is 4.95. The van der Waals surface area contributed by atoms with Gasteiger partial charge >= 0.3 is 5.97 Å². The van der Waals surface area contributed by atoms with E-state index in [1.54, 1.807) is 11.8 Å². The fraction of sp³-hybridized carbons (Fsp3) is 0.278. The number of carbonyl (C=O) groups is 1. The maximum Gasteiger partial charge on any atom is 0.307 e. The second-order valence-corrected chi connectivity index (χ2v) is 6.98. The number of hydrogen-bond donors (Lipinski definition) is 1. The van der Waals surface area contributed by atoms with Crippen LogP contribution in [0.3, 0.4) is 0 Å². The van der Waals surface area contributed by atoms with E-state index in [4.69, 9.17) is 5.11 Å².